The number of rotatable bonds is 3. The highest BCUT2D eigenvalue weighted by molar-refractivity contribution is 6.09. The number of fused-ring (bicyclic) bond motifs is 2. The van der Waals surface area contributed by atoms with Gasteiger partial charge in [0.1, 0.15) is 0 Å². The predicted molar refractivity (Wildman–Crippen MR) is 107 cm³/mol. The molecule has 25 heavy (non-hydrogen) atoms. The maximum atomic E-state index is 5.96. The van der Waals surface area contributed by atoms with Crippen molar-refractivity contribution in [3.63, 3.8) is 0 Å². The van der Waals surface area contributed by atoms with Crippen LogP contribution >= 0.6 is 0 Å². The lowest BCUT2D eigenvalue weighted by Crippen LogP contribution is -1.97. The van der Waals surface area contributed by atoms with E-state index in [0.717, 1.165) is 44.6 Å². The number of nitrogens with two attached hydrogens (primary N) is 2. The van der Waals surface area contributed by atoms with E-state index in [0.29, 0.717) is 5.69 Å². The largest absolute Gasteiger partial charge is 0.399 e. The molecule has 0 aliphatic heterocycles. The monoisotopic (exact) mass is 329 g/mol. The molecule has 0 radical (unpaired) electrons. The molecule has 0 aliphatic carbocycles. The topological polar surface area (TPSA) is 89.0 Å². The molecular formula is C20H19N5. The van der Waals surface area contributed by atoms with Crippen molar-refractivity contribution in [3.8, 4) is 0 Å². The van der Waals surface area contributed by atoms with Crippen molar-refractivity contribution in [3.05, 3.63) is 60.7 Å². The van der Waals surface area contributed by atoms with Crippen molar-refractivity contribution in [2.75, 3.05) is 29.1 Å². The first-order chi connectivity index (χ1) is 12.1. The van der Waals surface area contributed by atoms with Crippen LogP contribution in [0.25, 0.3) is 21.8 Å². The van der Waals surface area contributed by atoms with E-state index in [9.17, 15) is 0 Å². The lowest BCUT2D eigenvalue weighted by molar-refractivity contribution is 1.46. The summed E-state index contributed by atoms with van der Waals surface area (Å²) in [5.74, 6) is 0. The fourth-order valence-electron chi connectivity index (χ4n) is 2.96. The molecular weight excluding hydrogens is 310 g/mol. The molecule has 0 fully saturated rings. The zero-order valence-corrected chi connectivity index (χ0v) is 13.9. The van der Waals surface area contributed by atoms with Crippen LogP contribution in [0.15, 0.2) is 60.7 Å². The molecule has 6 N–H and O–H groups in total. The molecule has 0 saturated carbocycles. The van der Waals surface area contributed by atoms with Gasteiger partial charge in [0, 0.05) is 40.6 Å². The average molecular weight is 329 g/mol. The molecule has 0 amide bonds. The number of pyridine rings is 1. The number of nitrogens with zero attached hydrogens (tertiary/aromatic N) is 1. The first-order valence-electron chi connectivity index (χ1n) is 8.07. The van der Waals surface area contributed by atoms with Crippen molar-refractivity contribution < 1.29 is 0 Å². The molecule has 4 aromatic rings. The summed E-state index contributed by atoms with van der Waals surface area (Å²) in [6, 6.07) is 19.6. The van der Waals surface area contributed by atoms with Crippen molar-refractivity contribution in [2.45, 2.75) is 0 Å². The van der Waals surface area contributed by atoms with Gasteiger partial charge in [-0.25, -0.2) is 4.98 Å². The van der Waals surface area contributed by atoms with Crippen LogP contribution in [0.4, 0.5) is 28.4 Å². The number of nitrogen functional groups attached to an aromatic ring is 2. The van der Waals surface area contributed by atoms with Gasteiger partial charge in [-0.3, -0.25) is 0 Å². The standard InChI is InChI=1S/C20H19N5/c1-23-15-7-9-17-19(11-15)25-18-10-13(22)4-8-16(18)20(17)24-14-5-2-12(21)3-6-14/h2-11,23H,21-22H2,1H3,(H,24,25). The minimum atomic E-state index is 0.697. The first kappa shape index (κ1) is 15.1. The fraction of sp³-hybridized carbons (Fsp3) is 0.0500. The molecule has 0 atom stereocenters. The third-order valence-corrected chi connectivity index (χ3v) is 4.27. The van der Waals surface area contributed by atoms with Crippen LogP contribution in [0.1, 0.15) is 0 Å². The quantitative estimate of drug-likeness (QED) is 0.332. The van der Waals surface area contributed by atoms with E-state index in [1.807, 2.05) is 61.6 Å². The highest BCUT2D eigenvalue weighted by Crippen LogP contribution is 2.35. The molecule has 0 aliphatic rings. The molecule has 0 unspecified atom stereocenters. The summed E-state index contributed by atoms with van der Waals surface area (Å²) in [5, 5.41) is 8.75. The lowest BCUT2D eigenvalue weighted by atomic mass is 10.1. The van der Waals surface area contributed by atoms with Crippen LogP contribution < -0.4 is 22.1 Å². The Hall–Kier alpha value is -3.47. The Morgan fingerprint density at radius 2 is 1.32 bits per heavy atom. The summed E-state index contributed by atoms with van der Waals surface area (Å²) in [6.45, 7) is 0. The van der Waals surface area contributed by atoms with Gasteiger partial charge in [0.05, 0.1) is 16.7 Å². The van der Waals surface area contributed by atoms with Gasteiger partial charge in [-0.15, -0.1) is 0 Å². The van der Waals surface area contributed by atoms with Crippen LogP contribution in [-0.2, 0) is 0 Å². The van der Waals surface area contributed by atoms with Gasteiger partial charge >= 0.3 is 0 Å². The second-order valence-electron chi connectivity index (χ2n) is 5.99. The highest BCUT2D eigenvalue weighted by Gasteiger charge is 2.10. The van der Waals surface area contributed by atoms with Crippen molar-refractivity contribution >= 4 is 50.2 Å². The highest BCUT2D eigenvalue weighted by atomic mass is 14.9. The van der Waals surface area contributed by atoms with Crippen LogP contribution in [0.2, 0.25) is 0 Å². The second-order valence-corrected chi connectivity index (χ2v) is 5.99. The zero-order valence-electron chi connectivity index (χ0n) is 13.9. The maximum Gasteiger partial charge on any atom is 0.0751 e. The predicted octanol–water partition coefficient (Wildman–Crippen LogP) is 4.34. The van der Waals surface area contributed by atoms with Crippen LogP contribution in [0.3, 0.4) is 0 Å². The second kappa shape index (κ2) is 5.87. The van der Waals surface area contributed by atoms with Crippen molar-refractivity contribution in [1.82, 2.24) is 4.98 Å². The van der Waals surface area contributed by atoms with Crippen molar-refractivity contribution in [2.24, 2.45) is 0 Å². The summed E-state index contributed by atoms with van der Waals surface area (Å²) in [5.41, 5.74) is 17.9. The SMILES string of the molecule is CNc1ccc2c(Nc3ccc(N)cc3)c3ccc(N)cc3nc2c1. The molecule has 4 rings (SSSR count). The third-order valence-electron chi connectivity index (χ3n) is 4.27. The number of hydrogen-bond acceptors (Lipinski definition) is 5. The molecule has 1 aromatic heterocycles. The normalized spacial score (nSPS) is 10.9. The van der Waals surface area contributed by atoms with Gasteiger partial charge in [-0.2, -0.15) is 0 Å². The summed E-state index contributed by atoms with van der Waals surface area (Å²) >= 11 is 0. The Morgan fingerprint density at radius 3 is 2.04 bits per heavy atom. The molecule has 0 bridgehead atoms. The van der Waals surface area contributed by atoms with Crippen LogP contribution in [0.5, 0.6) is 0 Å². The molecule has 3 aromatic carbocycles. The van der Waals surface area contributed by atoms with Gasteiger partial charge in [0.25, 0.3) is 0 Å². The summed E-state index contributed by atoms with van der Waals surface area (Å²) in [7, 11) is 1.90. The number of hydrogen-bond donors (Lipinski definition) is 4. The molecule has 1 heterocycles. The van der Waals surface area contributed by atoms with Gasteiger partial charge in [-0.05, 0) is 60.7 Å². The number of nitrogens with one attached hydrogen (secondary N) is 2. The van der Waals surface area contributed by atoms with Gasteiger partial charge in [0.2, 0.25) is 0 Å². The van der Waals surface area contributed by atoms with Crippen molar-refractivity contribution in [1.29, 1.82) is 0 Å². The van der Waals surface area contributed by atoms with Crippen LogP contribution in [-0.4, -0.2) is 12.0 Å². The molecule has 0 saturated heterocycles. The van der Waals surface area contributed by atoms with Crippen LogP contribution in [0, 0.1) is 0 Å². The average Bonchev–Trinajstić information content (AvgIpc) is 2.62. The zero-order chi connectivity index (χ0) is 17.4. The molecule has 5 heteroatoms. The minimum absolute atomic E-state index is 0.697. The lowest BCUT2D eigenvalue weighted by Gasteiger charge is -2.14. The van der Waals surface area contributed by atoms with E-state index in [4.69, 9.17) is 16.5 Å². The summed E-state index contributed by atoms with van der Waals surface area (Å²) < 4.78 is 0. The Balaban J connectivity index is 1.98. The Labute approximate surface area is 145 Å². The summed E-state index contributed by atoms with van der Waals surface area (Å²) in [4.78, 5) is 4.78. The Kier molecular flexibility index (Phi) is 3.54. The van der Waals surface area contributed by atoms with E-state index >= 15 is 0 Å². The Bertz CT molecular complexity index is 1070. The van der Waals surface area contributed by atoms with E-state index < -0.39 is 0 Å². The maximum absolute atomic E-state index is 5.96. The first-order valence-corrected chi connectivity index (χ1v) is 8.07. The van der Waals surface area contributed by atoms with E-state index in [-0.39, 0.29) is 0 Å². The van der Waals surface area contributed by atoms with Gasteiger partial charge in [-0.1, -0.05) is 0 Å². The van der Waals surface area contributed by atoms with Gasteiger partial charge < -0.3 is 22.1 Å². The molecule has 0 spiro atoms. The third kappa shape index (κ3) is 2.76. The fourth-order valence-corrected chi connectivity index (χ4v) is 2.96. The molecule has 5 nitrogen and oxygen atoms in total. The van der Waals surface area contributed by atoms with E-state index in [1.165, 1.54) is 0 Å². The number of aromatic nitrogens is 1. The molecule has 124 valence electrons. The number of benzene rings is 3. The van der Waals surface area contributed by atoms with Gasteiger partial charge in [0.15, 0.2) is 0 Å². The smallest absolute Gasteiger partial charge is 0.0751 e. The number of anilines is 5. The summed E-state index contributed by atoms with van der Waals surface area (Å²) in [6.07, 6.45) is 0. The van der Waals surface area contributed by atoms with E-state index in [2.05, 4.69) is 16.7 Å². The minimum Gasteiger partial charge on any atom is -0.399 e. The van der Waals surface area contributed by atoms with E-state index in [1.54, 1.807) is 0 Å². The Morgan fingerprint density at radius 1 is 0.720 bits per heavy atom.